The van der Waals surface area contributed by atoms with Crippen LogP contribution in [0.5, 0.6) is 0 Å². The highest BCUT2D eigenvalue weighted by Crippen LogP contribution is 2.37. The average molecular weight is 321 g/mol. The van der Waals surface area contributed by atoms with Gasteiger partial charge < -0.3 is 9.30 Å². The summed E-state index contributed by atoms with van der Waals surface area (Å²) in [6, 6.07) is 16.4. The molecule has 0 fully saturated rings. The summed E-state index contributed by atoms with van der Waals surface area (Å²) < 4.78 is 20.3. The molecule has 4 rings (SSSR count). The molecule has 120 valence electrons. The monoisotopic (exact) mass is 321 g/mol. The molecule has 1 aliphatic rings. The van der Waals surface area contributed by atoms with Gasteiger partial charge in [-0.25, -0.2) is 9.18 Å². The first-order valence-electron chi connectivity index (χ1n) is 7.85. The summed E-state index contributed by atoms with van der Waals surface area (Å²) in [5.41, 5.74) is 5.49. The van der Waals surface area contributed by atoms with Crippen molar-refractivity contribution in [3.63, 3.8) is 0 Å². The molecule has 2 aromatic carbocycles. The van der Waals surface area contributed by atoms with E-state index in [9.17, 15) is 9.18 Å². The van der Waals surface area contributed by atoms with Crippen LogP contribution in [0.1, 0.15) is 16.1 Å². The molecule has 0 radical (unpaired) electrons. The number of esters is 1. The molecule has 0 amide bonds. The minimum absolute atomic E-state index is 0.298. The van der Waals surface area contributed by atoms with Crippen LogP contribution in [0.4, 0.5) is 4.39 Å². The Hall–Kier alpha value is -2.88. The lowest BCUT2D eigenvalue weighted by atomic mass is 9.98. The third kappa shape index (κ3) is 2.22. The molecule has 3 aromatic rings. The fourth-order valence-corrected chi connectivity index (χ4v) is 3.39. The van der Waals surface area contributed by atoms with Gasteiger partial charge in [0.25, 0.3) is 0 Å². The first-order valence-corrected chi connectivity index (χ1v) is 7.85. The van der Waals surface area contributed by atoms with Crippen molar-refractivity contribution >= 4 is 5.97 Å². The van der Waals surface area contributed by atoms with Crippen LogP contribution in [0.3, 0.4) is 0 Å². The van der Waals surface area contributed by atoms with Gasteiger partial charge in [-0.3, -0.25) is 0 Å². The number of halogens is 1. The molecular formula is C20H16FNO2. The van der Waals surface area contributed by atoms with Crippen LogP contribution in [0.25, 0.3) is 22.4 Å². The van der Waals surface area contributed by atoms with Crippen LogP contribution in [0, 0.1) is 5.82 Å². The van der Waals surface area contributed by atoms with Gasteiger partial charge in [0.15, 0.2) is 0 Å². The minimum atomic E-state index is -0.375. The number of methoxy groups -OCH3 is 1. The van der Waals surface area contributed by atoms with Crippen LogP contribution in [-0.2, 0) is 17.7 Å². The Kier molecular flexibility index (Phi) is 3.45. The zero-order valence-electron chi connectivity index (χ0n) is 13.3. The number of carbonyl (C=O) groups is 1. The lowest BCUT2D eigenvalue weighted by Gasteiger charge is -2.20. The summed E-state index contributed by atoms with van der Waals surface area (Å²) in [6.07, 6.45) is 0.866. The van der Waals surface area contributed by atoms with E-state index < -0.39 is 0 Å². The number of ether oxygens (including phenoxy) is 1. The van der Waals surface area contributed by atoms with Crippen molar-refractivity contribution in [2.24, 2.45) is 0 Å². The lowest BCUT2D eigenvalue weighted by molar-refractivity contribution is 0.0589. The van der Waals surface area contributed by atoms with Crippen molar-refractivity contribution in [1.82, 2.24) is 4.57 Å². The van der Waals surface area contributed by atoms with Crippen molar-refractivity contribution in [3.8, 4) is 22.4 Å². The molecule has 0 aliphatic carbocycles. The topological polar surface area (TPSA) is 31.2 Å². The molecule has 0 N–H and O–H groups in total. The molecule has 24 heavy (non-hydrogen) atoms. The SMILES string of the molecule is COC(=O)c1c(-c2ccc(F)cc2)cc2n1CCc1ccccc1-2. The van der Waals surface area contributed by atoms with Crippen molar-refractivity contribution in [3.05, 3.63) is 71.7 Å². The van der Waals surface area contributed by atoms with E-state index in [0.29, 0.717) is 5.69 Å². The highest BCUT2D eigenvalue weighted by Gasteiger charge is 2.26. The molecule has 0 atom stereocenters. The van der Waals surface area contributed by atoms with E-state index in [1.54, 1.807) is 12.1 Å². The van der Waals surface area contributed by atoms with E-state index in [2.05, 4.69) is 12.1 Å². The zero-order valence-corrected chi connectivity index (χ0v) is 13.3. The van der Waals surface area contributed by atoms with Crippen LogP contribution >= 0.6 is 0 Å². The van der Waals surface area contributed by atoms with Gasteiger partial charge in [0.05, 0.1) is 7.11 Å². The highest BCUT2D eigenvalue weighted by molar-refractivity contribution is 5.98. The van der Waals surface area contributed by atoms with Gasteiger partial charge >= 0.3 is 5.97 Å². The number of carbonyl (C=O) groups excluding carboxylic acids is 1. The van der Waals surface area contributed by atoms with Crippen molar-refractivity contribution in [2.45, 2.75) is 13.0 Å². The lowest BCUT2D eigenvalue weighted by Crippen LogP contribution is -2.17. The Morgan fingerprint density at radius 2 is 1.83 bits per heavy atom. The largest absolute Gasteiger partial charge is 0.464 e. The van der Waals surface area contributed by atoms with E-state index in [0.717, 1.165) is 35.3 Å². The molecule has 2 heterocycles. The maximum Gasteiger partial charge on any atom is 0.355 e. The molecule has 0 saturated heterocycles. The standard InChI is InChI=1S/C20H16FNO2/c1-24-20(23)19-17(14-6-8-15(21)9-7-14)12-18-16-5-3-2-4-13(16)10-11-22(18)19/h2-9,12H,10-11H2,1H3. The summed E-state index contributed by atoms with van der Waals surface area (Å²) >= 11 is 0. The maximum absolute atomic E-state index is 13.3. The summed E-state index contributed by atoms with van der Waals surface area (Å²) in [7, 11) is 1.38. The van der Waals surface area contributed by atoms with Crippen LogP contribution < -0.4 is 0 Å². The van der Waals surface area contributed by atoms with Gasteiger partial charge in [-0.05, 0) is 35.7 Å². The van der Waals surface area contributed by atoms with Gasteiger partial charge in [-0.2, -0.15) is 0 Å². The van der Waals surface area contributed by atoms with E-state index in [1.807, 2.05) is 22.8 Å². The summed E-state index contributed by atoms with van der Waals surface area (Å²) in [5.74, 6) is -0.673. The van der Waals surface area contributed by atoms with Crippen LogP contribution in [-0.4, -0.2) is 17.6 Å². The van der Waals surface area contributed by atoms with E-state index in [1.165, 1.54) is 24.8 Å². The molecule has 0 bridgehead atoms. The molecule has 0 spiro atoms. The van der Waals surface area contributed by atoms with Gasteiger partial charge in [-0.1, -0.05) is 36.4 Å². The normalized spacial score (nSPS) is 12.4. The number of fused-ring (bicyclic) bond motifs is 3. The fraction of sp³-hybridized carbons (Fsp3) is 0.150. The second kappa shape index (κ2) is 5.64. The van der Waals surface area contributed by atoms with Gasteiger partial charge in [0, 0.05) is 23.4 Å². The number of rotatable bonds is 2. The second-order valence-electron chi connectivity index (χ2n) is 5.85. The van der Waals surface area contributed by atoms with Crippen molar-refractivity contribution in [1.29, 1.82) is 0 Å². The summed E-state index contributed by atoms with van der Waals surface area (Å²) in [6.45, 7) is 0.720. The van der Waals surface area contributed by atoms with E-state index in [-0.39, 0.29) is 11.8 Å². The smallest absolute Gasteiger partial charge is 0.355 e. The maximum atomic E-state index is 13.3. The fourth-order valence-electron chi connectivity index (χ4n) is 3.39. The number of benzene rings is 2. The van der Waals surface area contributed by atoms with E-state index >= 15 is 0 Å². The predicted octanol–water partition coefficient (Wildman–Crippen LogP) is 4.30. The number of nitrogens with zero attached hydrogens (tertiary/aromatic N) is 1. The summed E-state index contributed by atoms with van der Waals surface area (Å²) in [4.78, 5) is 12.4. The molecular weight excluding hydrogens is 305 g/mol. The Morgan fingerprint density at radius 3 is 2.58 bits per heavy atom. The van der Waals surface area contributed by atoms with Gasteiger partial charge in [-0.15, -0.1) is 0 Å². The number of aryl methyl sites for hydroxylation is 1. The van der Waals surface area contributed by atoms with Crippen LogP contribution in [0.15, 0.2) is 54.6 Å². The second-order valence-corrected chi connectivity index (χ2v) is 5.85. The third-order valence-electron chi connectivity index (χ3n) is 4.53. The molecule has 3 nitrogen and oxygen atoms in total. The molecule has 1 aromatic heterocycles. The zero-order chi connectivity index (χ0) is 16.7. The molecule has 0 unspecified atom stereocenters. The Labute approximate surface area is 139 Å². The average Bonchev–Trinajstić information content (AvgIpc) is 3.01. The molecule has 1 aliphatic heterocycles. The molecule has 4 heteroatoms. The quantitative estimate of drug-likeness (QED) is 0.659. The van der Waals surface area contributed by atoms with Crippen molar-refractivity contribution in [2.75, 3.05) is 7.11 Å². The minimum Gasteiger partial charge on any atom is -0.464 e. The summed E-state index contributed by atoms with van der Waals surface area (Å²) in [5, 5.41) is 0. The van der Waals surface area contributed by atoms with E-state index in [4.69, 9.17) is 4.74 Å². The van der Waals surface area contributed by atoms with Crippen molar-refractivity contribution < 1.29 is 13.9 Å². The number of aromatic nitrogens is 1. The Morgan fingerprint density at radius 1 is 1.08 bits per heavy atom. The Balaban J connectivity index is 1.97. The first-order chi connectivity index (χ1) is 11.7. The Bertz CT molecular complexity index is 925. The highest BCUT2D eigenvalue weighted by atomic mass is 19.1. The number of hydrogen-bond acceptors (Lipinski definition) is 2. The van der Waals surface area contributed by atoms with Gasteiger partial charge in [0.1, 0.15) is 11.5 Å². The van der Waals surface area contributed by atoms with Gasteiger partial charge in [0.2, 0.25) is 0 Å². The first kappa shape index (κ1) is 14.7. The van der Waals surface area contributed by atoms with Crippen LogP contribution in [0.2, 0.25) is 0 Å². The third-order valence-corrected chi connectivity index (χ3v) is 4.53. The number of hydrogen-bond donors (Lipinski definition) is 0. The predicted molar refractivity (Wildman–Crippen MR) is 90.3 cm³/mol. The molecule has 0 saturated carbocycles.